The number of hydrogen-bond donors (Lipinski definition) is 4. The molecule has 0 aliphatic heterocycles. The van der Waals surface area contributed by atoms with Gasteiger partial charge in [-0.2, -0.15) is 0 Å². The van der Waals surface area contributed by atoms with Gasteiger partial charge in [0.25, 0.3) is 5.91 Å². The molecule has 158 valence electrons. The van der Waals surface area contributed by atoms with Crippen LogP contribution in [0.15, 0.2) is 42.5 Å². The third kappa shape index (κ3) is 5.83. The van der Waals surface area contributed by atoms with E-state index < -0.39 is 0 Å². The van der Waals surface area contributed by atoms with E-state index in [2.05, 4.69) is 21.3 Å². The minimum Gasteiger partial charge on any atom is -0.376 e. The van der Waals surface area contributed by atoms with Crippen molar-refractivity contribution in [2.75, 3.05) is 22.5 Å². The number of anilines is 3. The van der Waals surface area contributed by atoms with Crippen molar-refractivity contribution in [3.05, 3.63) is 53.6 Å². The highest BCUT2D eigenvalue weighted by Gasteiger charge is 2.29. The maximum atomic E-state index is 12.3. The Hall–Kier alpha value is -3.35. The minimum atomic E-state index is -0.207. The van der Waals surface area contributed by atoms with E-state index in [1.165, 1.54) is 0 Å². The summed E-state index contributed by atoms with van der Waals surface area (Å²) >= 11 is 0. The van der Waals surface area contributed by atoms with E-state index in [4.69, 9.17) is 0 Å². The van der Waals surface area contributed by atoms with Crippen LogP contribution >= 0.6 is 0 Å². The predicted molar refractivity (Wildman–Crippen MR) is 119 cm³/mol. The number of rotatable bonds is 8. The van der Waals surface area contributed by atoms with E-state index in [0.29, 0.717) is 11.3 Å². The summed E-state index contributed by atoms with van der Waals surface area (Å²) < 4.78 is 0. The number of carbonyl (C=O) groups is 3. The molecule has 7 nitrogen and oxygen atoms in total. The van der Waals surface area contributed by atoms with Crippen molar-refractivity contribution in [3.63, 3.8) is 0 Å². The summed E-state index contributed by atoms with van der Waals surface area (Å²) in [7, 11) is 0. The van der Waals surface area contributed by atoms with Gasteiger partial charge in [0, 0.05) is 34.6 Å². The molecule has 2 aromatic rings. The van der Waals surface area contributed by atoms with E-state index in [-0.39, 0.29) is 36.2 Å². The SMILES string of the molecule is Cc1c(NCC(=O)Nc2ccc(C(=O)NC(C)C)cc2)cccc1NC(=O)C1CC1. The van der Waals surface area contributed by atoms with Gasteiger partial charge in [-0.05, 0) is 75.6 Å². The lowest BCUT2D eigenvalue weighted by molar-refractivity contribution is -0.117. The summed E-state index contributed by atoms with van der Waals surface area (Å²) in [5.41, 5.74) is 3.59. The molecule has 2 aromatic carbocycles. The highest BCUT2D eigenvalue weighted by Crippen LogP contribution is 2.31. The Morgan fingerprint density at radius 1 is 0.967 bits per heavy atom. The molecule has 0 bridgehead atoms. The van der Waals surface area contributed by atoms with E-state index in [0.717, 1.165) is 29.8 Å². The molecule has 0 radical (unpaired) electrons. The van der Waals surface area contributed by atoms with Gasteiger partial charge in [0.15, 0.2) is 0 Å². The quantitative estimate of drug-likeness (QED) is 0.537. The fourth-order valence-corrected chi connectivity index (χ4v) is 2.97. The first-order valence-corrected chi connectivity index (χ1v) is 10.2. The second-order valence-corrected chi connectivity index (χ2v) is 7.85. The average molecular weight is 409 g/mol. The molecule has 1 aliphatic carbocycles. The van der Waals surface area contributed by atoms with Crippen molar-refractivity contribution >= 4 is 34.8 Å². The Kier molecular flexibility index (Phi) is 6.72. The van der Waals surface area contributed by atoms with Gasteiger partial charge in [-0.15, -0.1) is 0 Å². The van der Waals surface area contributed by atoms with Crippen LogP contribution in [0.25, 0.3) is 0 Å². The van der Waals surface area contributed by atoms with E-state index in [1.54, 1.807) is 24.3 Å². The van der Waals surface area contributed by atoms with E-state index >= 15 is 0 Å². The molecule has 0 heterocycles. The van der Waals surface area contributed by atoms with Crippen molar-refractivity contribution in [1.82, 2.24) is 5.32 Å². The summed E-state index contributed by atoms with van der Waals surface area (Å²) in [5.74, 6) is -0.164. The van der Waals surface area contributed by atoms with Crippen LogP contribution in [-0.2, 0) is 9.59 Å². The molecule has 4 N–H and O–H groups in total. The second-order valence-electron chi connectivity index (χ2n) is 7.85. The molecule has 1 saturated carbocycles. The Balaban J connectivity index is 1.53. The first-order valence-electron chi connectivity index (χ1n) is 10.2. The van der Waals surface area contributed by atoms with Crippen molar-refractivity contribution in [3.8, 4) is 0 Å². The van der Waals surface area contributed by atoms with Crippen molar-refractivity contribution in [1.29, 1.82) is 0 Å². The maximum Gasteiger partial charge on any atom is 0.251 e. The Morgan fingerprint density at radius 3 is 2.27 bits per heavy atom. The molecule has 0 atom stereocenters. The van der Waals surface area contributed by atoms with E-state index in [9.17, 15) is 14.4 Å². The molecule has 0 spiro atoms. The van der Waals surface area contributed by atoms with Crippen molar-refractivity contribution in [2.45, 2.75) is 39.7 Å². The largest absolute Gasteiger partial charge is 0.376 e. The lowest BCUT2D eigenvalue weighted by Gasteiger charge is -2.14. The summed E-state index contributed by atoms with van der Waals surface area (Å²) in [6.07, 6.45) is 1.90. The molecule has 3 amide bonds. The van der Waals surface area contributed by atoms with Gasteiger partial charge in [0.05, 0.1) is 6.54 Å². The van der Waals surface area contributed by atoms with Crippen LogP contribution in [0.1, 0.15) is 42.6 Å². The zero-order chi connectivity index (χ0) is 21.7. The molecule has 0 aromatic heterocycles. The van der Waals surface area contributed by atoms with Gasteiger partial charge >= 0.3 is 0 Å². The summed E-state index contributed by atoms with van der Waals surface area (Å²) in [4.78, 5) is 36.3. The number of nitrogens with one attached hydrogen (secondary N) is 4. The standard InChI is InChI=1S/C23H28N4O3/c1-14(2)25-22(29)17-9-11-18(12-10-17)26-21(28)13-24-19-5-4-6-20(15(19)3)27-23(30)16-7-8-16/h4-6,9-12,14,16,24H,7-8,13H2,1-3H3,(H,25,29)(H,26,28)(H,27,30). The normalized spacial score (nSPS) is 12.9. The molecule has 7 heteroatoms. The fraction of sp³-hybridized carbons (Fsp3) is 0.348. The zero-order valence-electron chi connectivity index (χ0n) is 17.5. The van der Waals surface area contributed by atoms with Crippen LogP contribution in [-0.4, -0.2) is 30.3 Å². The fourth-order valence-electron chi connectivity index (χ4n) is 2.97. The second kappa shape index (κ2) is 9.43. The number of hydrogen-bond acceptors (Lipinski definition) is 4. The van der Waals surface area contributed by atoms with Crippen LogP contribution in [0, 0.1) is 12.8 Å². The molecular formula is C23H28N4O3. The highest BCUT2D eigenvalue weighted by atomic mass is 16.2. The maximum absolute atomic E-state index is 12.3. The van der Waals surface area contributed by atoms with Gasteiger partial charge in [-0.1, -0.05) is 6.07 Å². The third-order valence-corrected chi connectivity index (χ3v) is 4.83. The van der Waals surface area contributed by atoms with E-state index in [1.807, 2.05) is 39.0 Å². The topological polar surface area (TPSA) is 99.3 Å². The smallest absolute Gasteiger partial charge is 0.251 e. The molecule has 30 heavy (non-hydrogen) atoms. The monoisotopic (exact) mass is 408 g/mol. The highest BCUT2D eigenvalue weighted by molar-refractivity contribution is 5.97. The summed E-state index contributed by atoms with van der Waals surface area (Å²) in [5, 5.41) is 11.7. The minimum absolute atomic E-state index is 0.0542. The summed E-state index contributed by atoms with van der Waals surface area (Å²) in [6, 6.07) is 12.4. The van der Waals surface area contributed by atoms with Crippen molar-refractivity contribution in [2.24, 2.45) is 5.92 Å². The van der Waals surface area contributed by atoms with Crippen LogP contribution in [0.3, 0.4) is 0 Å². The lowest BCUT2D eigenvalue weighted by atomic mass is 10.1. The van der Waals surface area contributed by atoms with Gasteiger partial charge in [-0.3, -0.25) is 14.4 Å². The Bertz CT molecular complexity index is 934. The Morgan fingerprint density at radius 2 is 1.63 bits per heavy atom. The zero-order valence-corrected chi connectivity index (χ0v) is 17.5. The van der Waals surface area contributed by atoms with Gasteiger partial charge in [0.2, 0.25) is 11.8 Å². The predicted octanol–water partition coefficient (Wildman–Crippen LogP) is 3.53. The van der Waals surface area contributed by atoms with Crippen molar-refractivity contribution < 1.29 is 14.4 Å². The third-order valence-electron chi connectivity index (χ3n) is 4.83. The summed E-state index contributed by atoms with van der Waals surface area (Å²) in [6.45, 7) is 5.79. The molecular weight excluding hydrogens is 380 g/mol. The number of carbonyl (C=O) groups excluding carboxylic acids is 3. The number of benzene rings is 2. The molecule has 3 rings (SSSR count). The van der Waals surface area contributed by atoms with Crippen LogP contribution in [0.2, 0.25) is 0 Å². The van der Waals surface area contributed by atoms with Gasteiger partial charge in [-0.25, -0.2) is 0 Å². The first kappa shape index (κ1) is 21.4. The van der Waals surface area contributed by atoms with Crippen LogP contribution in [0.4, 0.5) is 17.1 Å². The first-order chi connectivity index (χ1) is 14.3. The molecule has 1 fully saturated rings. The lowest BCUT2D eigenvalue weighted by Crippen LogP contribution is -2.30. The molecule has 0 saturated heterocycles. The van der Waals surface area contributed by atoms with Crippen LogP contribution in [0.5, 0.6) is 0 Å². The van der Waals surface area contributed by atoms with Crippen LogP contribution < -0.4 is 21.3 Å². The molecule has 0 unspecified atom stereocenters. The van der Waals surface area contributed by atoms with Gasteiger partial charge in [0.1, 0.15) is 0 Å². The van der Waals surface area contributed by atoms with Gasteiger partial charge < -0.3 is 21.3 Å². The Labute approximate surface area is 176 Å². The number of amides is 3. The molecule has 1 aliphatic rings. The average Bonchev–Trinajstić information content (AvgIpc) is 3.54.